The van der Waals surface area contributed by atoms with Gasteiger partial charge >= 0.3 is 5.97 Å². The van der Waals surface area contributed by atoms with Crippen molar-refractivity contribution in [2.24, 2.45) is 5.41 Å². The molecule has 25 heavy (non-hydrogen) atoms. The molecule has 2 rings (SSSR count). The third-order valence-electron chi connectivity index (χ3n) is 5.79. The van der Waals surface area contributed by atoms with Crippen LogP contribution in [0.2, 0.25) is 0 Å². The van der Waals surface area contributed by atoms with Gasteiger partial charge in [0.25, 0.3) is 5.91 Å². The van der Waals surface area contributed by atoms with Crippen molar-refractivity contribution < 1.29 is 23.8 Å². The van der Waals surface area contributed by atoms with E-state index < -0.39 is 5.97 Å². The fourth-order valence-corrected chi connectivity index (χ4v) is 4.17. The zero-order valence-corrected chi connectivity index (χ0v) is 15.8. The number of hydrogen-bond acceptors (Lipinski definition) is 4. The number of carbonyl (C=O) groups excluding carboxylic acids is 1. The Morgan fingerprint density at radius 1 is 1.32 bits per heavy atom. The van der Waals surface area contributed by atoms with Gasteiger partial charge in [0.2, 0.25) is 0 Å². The highest BCUT2D eigenvalue weighted by Crippen LogP contribution is 2.51. The first-order valence-electron chi connectivity index (χ1n) is 9.10. The van der Waals surface area contributed by atoms with Crippen LogP contribution in [0.1, 0.15) is 73.6 Å². The van der Waals surface area contributed by atoms with Crippen LogP contribution in [0.5, 0.6) is 0 Å². The van der Waals surface area contributed by atoms with Crippen molar-refractivity contribution in [2.45, 2.75) is 65.5 Å². The number of aromatic carboxylic acids is 1. The van der Waals surface area contributed by atoms with E-state index in [0.717, 1.165) is 19.3 Å². The first-order chi connectivity index (χ1) is 11.9. The lowest BCUT2D eigenvalue weighted by Crippen LogP contribution is -2.64. The van der Waals surface area contributed by atoms with Gasteiger partial charge in [-0.2, -0.15) is 0 Å². The lowest BCUT2D eigenvalue weighted by molar-refractivity contribution is -0.159. The largest absolute Gasteiger partial charge is 0.478 e. The third-order valence-corrected chi connectivity index (χ3v) is 5.79. The van der Waals surface area contributed by atoms with Crippen molar-refractivity contribution in [3.63, 3.8) is 0 Å². The molecule has 1 aromatic rings. The number of ether oxygens (including phenoxy) is 1. The van der Waals surface area contributed by atoms with Crippen molar-refractivity contribution in [3.8, 4) is 0 Å². The van der Waals surface area contributed by atoms with Gasteiger partial charge in [0.05, 0.1) is 6.10 Å². The number of aryl methyl sites for hydroxylation is 1. The van der Waals surface area contributed by atoms with Gasteiger partial charge in [-0.1, -0.05) is 20.8 Å². The lowest BCUT2D eigenvalue weighted by atomic mass is 9.58. The molecule has 0 aromatic carbocycles. The molecule has 140 valence electrons. The average molecular weight is 351 g/mol. The molecule has 1 amide bonds. The fraction of sp³-hybridized carbons (Fsp3) is 0.684. The van der Waals surface area contributed by atoms with Crippen LogP contribution >= 0.6 is 0 Å². The van der Waals surface area contributed by atoms with E-state index in [4.69, 9.17) is 9.15 Å². The Bertz CT molecular complexity index is 632. The molecule has 1 aliphatic carbocycles. The van der Waals surface area contributed by atoms with Crippen LogP contribution in [0.15, 0.2) is 10.5 Å². The molecule has 1 aromatic heterocycles. The Kier molecular flexibility index (Phi) is 5.93. The van der Waals surface area contributed by atoms with E-state index in [2.05, 4.69) is 13.8 Å². The van der Waals surface area contributed by atoms with Gasteiger partial charge in [0, 0.05) is 37.6 Å². The van der Waals surface area contributed by atoms with Crippen molar-refractivity contribution in [1.29, 1.82) is 0 Å². The molecule has 2 unspecified atom stereocenters. The molecule has 1 aliphatic rings. The molecule has 0 radical (unpaired) electrons. The quantitative estimate of drug-likeness (QED) is 0.774. The highest BCUT2D eigenvalue weighted by atomic mass is 16.5. The van der Waals surface area contributed by atoms with Crippen LogP contribution in [-0.4, -0.2) is 47.7 Å². The van der Waals surface area contributed by atoms with Crippen molar-refractivity contribution in [3.05, 3.63) is 23.2 Å². The summed E-state index contributed by atoms with van der Waals surface area (Å²) in [6.45, 7) is 8.72. The average Bonchev–Trinajstić information content (AvgIpc) is 3.03. The van der Waals surface area contributed by atoms with Crippen LogP contribution < -0.4 is 0 Å². The summed E-state index contributed by atoms with van der Waals surface area (Å²) in [5.74, 6) is -0.910. The fourth-order valence-electron chi connectivity index (χ4n) is 4.17. The summed E-state index contributed by atoms with van der Waals surface area (Å²) >= 11 is 0. The number of nitrogens with zero attached hydrogens (tertiary/aromatic N) is 1. The SMILES string of the molecule is CCOC1CC(N(C)C(=O)c2cc(C(=O)O)c(CC)o2)C1(CC)CC. The minimum Gasteiger partial charge on any atom is -0.478 e. The summed E-state index contributed by atoms with van der Waals surface area (Å²) < 4.78 is 11.4. The normalized spacial score (nSPS) is 21.6. The van der Waals surface area contributed by atoms with Gasteiger partial charge in [0.1, 0.15) is 11.3 Å². The Hall–Kier alpha value is -1.82. The first-order valence-corrected chi connectivity index (χ1v) is 9.10. The Morgan fingerprint density at radius 3 is 2.40 bits per heavy atom. The topological polar surface area (TPSA) is 80.0 Å². The predicted molar refractivity (Wildman–Crippen MR) is 94.0 cm³/mol. The van der Waals surface area contributed by atoms with Gasteiger partial charge in [-0.15, -0.1) is 0 Å². The Balaban J connectivity index is 2.24. The number of carbonyl (C=O) groups is 2. The molecule has 0 bridgehead atoms. The zero-order chi connectivity index (χ0) is 18.8. The molecule has 1 N–H and O–H groups in total. The molecule has 1 saturated carbocycles. The molecular weight excluding hydrogens is 322 g/mol. The third kappa shape index (κ3) is 3.19. The second-order valence-corrected chi connectivity index (χ2v) is 6.66. The molecule has 6 nitrogen and oxygen atoms in total. The monoisotopic (exact) mass is 351 g/mol. The summed E-state index contributed by atoms with van der Waals surface area (Å²) in [6, 6.07) is 1.41. The van der Waals surface area contributed by atoms with E-state index in [1.807, 2.05) is 6.92 Å². The van der Waals surface area contributed by atoms with Crippen LogP contribution in [0.3, 0.4) is 0 Å². The van der Waals surface area contributed by atoms with Crippen LogP contribution in [0.4, 0.5) is 0 Å². The minimum absolute atomic E-state index is 0.0593. The number of amides is 1. The van der Waals surface area contributed by atoms with Crippen LogP contribution in [-0.2, 0) is 11.2 Å². The highest BCUT2D eigenvalue weighted by Gasteiger charge is 2.56. The first kappa shape index (κ1) is 19.5. The maximum atomic E-state index is 12.9. The summed E-state index contributed by atoms with van der Waals surface area (Å²) in [4.78, 5) is 25.9. The maximum Gasteiger partial charge on any atom is 0.339 e. The molecule has 1 heterocycles. The zero-order valence-electron chi connectivity index (χ0n) is 15.8. The minimum atomic E-state index is -1.07. The van der Waals surface area contributed by atoms with Gasteiger partial charge < -0.3 is 19.2 Å². The summed E-state index contributed by atoms with van der Waals surface area (Å²) in [6.07, 6.45) is 3.24. The standard InChI is InChI=1S/C19H29NO5/c1-6-13-12(18(22)23)10-14(25-13)17(21)20(5)15-11-16(24-9-4)19(15,7-2)8-3/h10,15-16H,6-9,11H2,1-5H3,(H,22,23). The number of rotatable bonds is 8. The van der Waals surface area contributed by atoms with Gasteiger partial charge in [-0.3, -0.25) is 4.79 Å². The van der Waals surface area contributed by atoms with Gasteiger partial charge in [-0.05, 0) is 26.2 Å². The number of carboxylic acid groups (broad SMARTS) is 1. The van der Waals surface area contributed by atoms with Gasteiger partial charge in [-0.25, -0.2) is 4.79 Å². The maximum absolute atomic E-state index is 12.9. The predicted octanol–water partition coefficient (Wildman–Crippen LogP) is 3.60. The number of carboxylic acids is 1. The molecule has 2 atom stereocenters. The second-order valence-electron chi connectivity index (χ2n) is 6.66. The molecule has 6 heteroatoms. The molecule has 1 fully saturated rings. The number of furan rings is 1. The van der Waals surface area contributed by atoms with Crippen molar-refractivity contribution in [1.82, 2.24) is 4.90 Å². The lowest BCUT2D eigenvalue weighted by Gasteiger charge is -2.58. The van der Waals surface area contributed by atoms with E-state index in [9.17, 15) is 14.7 Å². The molecular formula is C19H29NO5. The highest BCUT2D eigenvalue weighted by molar-refractivity contribution is 5.96. The van der Waals surface area contributed by atoms with E-state index >= 15 is 0 Å². The van der Waals surface area contributed by atoms with E-state index in [1.54, 1.807) is 18.9 Å². The van der Waals surface area contributed by atoms with E-state index in [-0.39, 0.29) is 34.8 Å². The summed E-state index contributed by atoms with van der Waals surface area (Å²) in [5.41, 5.74) is 0.00764. The smallest absolute Gasteiger partial charge is 0.339 e. The van der Waals surface area contributed by atoms with Crippen LogP contribution in [0, 0.1) is 5.41 Å². The van der Waals surface area contributed by atoms with Crippen molar-refractivity contribution >= 4 is 11.9 Å². The molecule has 0 saturated heterocycles. The Labute approximate surface area is 149 Å². The number of hydrogen-bond donors (Lipinski definition) is 1. The summed E-state index contributed by atoms with van der Waals surface area (Å²) in [7, 11) is 1.77. The molecule has 0 aliphatic heterocycles. The van der Waals surface area contributed by atoms with Gasteiger partial charge in [0.15, 0.2) is 5.76 Å². The van der Waals surface area contributed by atoms with E-state index in [0.29, 0.717) is 18.8 Å². The Morgan fingerprint density at radius 2 is 1.96 bits per heavy atom. The second kappa shape index (κ2) is 7.60. The van der Waals surface area contributed by atoms with E-state index in [1.165, 1.54) is 6.07 Å². The molecule has 0 spiro atoms. The van der Waals surface area contributed by atoms with Crippen LogP contribution in [0.25, 0.3) is 0 Å². The summed E-state index contributed by atoms with van der Waals surface area (Å²) in [5, 5.41) is 9.25. The van der Waals surface area contributed by atoms with Crippen molar-refractivity contribution in [2.75, 3.05) is 13.7 Å².